The van der Waals surface area contributed by atoms with Gasteiger partial charge in [0.2, 0.25) is 11.7 Å². The number of methoxy groups -OCH3 is 3. The van der Waals surface area contributed by atoms with Crippen LogP contribution in [0.25, 0.3) is 5.83 Å². The monoisotopic (exact) mass is 2370 g/mol. The third-order valence-corrected chi connectivity index (χ3v) is 39.0. The van der Waals surface area contributed by atoms with Gasteiger partial charge in [-0.3, -0.25) is 0 Å². The summed E-state index contributed by atoms with van der Waals surface area (Å²) in [5.41, 5.74) is -10.1. The van der Waals surface area contributed by atoms with Crippen molar-refractivity contribution in [3.8, 4) is 0 Å². The average Bonchev–Trinajstić information content (AvgIpc) is 0.748. The second-order valence-electron chi connectivity index (χ2n) is 25.2. The number of alkyl halides is 12. The molecular weight excluding hydrogens is 2260 g/mol. The molecule has 69 heteroatoms. The first-order valence-electron chi connectivity index (χ1n) is 41.9. The Labute approximate surface area is 825 Å². The predicted molar refractivity (Wildman–Crippen MR) is 454 cm³/mol. The zero-order chi connectivity index (χ0) is 114. The fourth-order valence-electron chi connectivity index (χ4n) is 10.6. The summed E-state index contributed by atoms with van der Waals surface area (Å²) in [6.07, 6.45) is -20.5. The molecule has 0 radical (unpaired) electrons. The third kappa shape index (κ3) is 41.4. The molecule has 0 aromatic heterocycles. The number of ether oxygens (including phenoxy) is 4. The number of hydrogen-bond donors (Lipinski definition) is 0. The van der Waals surface area contributed by atoms with Gasteiger partial charge in [-0.25, -0.2) is 53.9 Å². The van der Waals surface area contributed by atoms with Crippen LogP contribution in [0.4, 0.5) is 145 Å². The van der Waals surface area contributed by atoms with Crippen molar-refractivity contribution in [1.82, 2.24) is 0 Å². The van der Waals surface area contributed by atoms with Gasteiger partial charge in [0, 0.05) is 127 Å². The van der Waals surface area contributed by atoms with E-state index in [1.807, 2.05) is 0 Å². The standard InChI is InChI=1S/C14H15F7O3Si.C13H15F7O3Si.C12H15F5GeO3.C10H15F7O4Si.C10H15F5O5Si.C9H18O5Si.C8H15ClF2O5Si/c1-4-22-25(23-5-2,24-6-3)13-11(18)8(15)7(9(16)12(13)19)10(17)14(20)21;1-4-21-24(22-5-2,23-6-3)12-10(16)8(14)7(13(18,19)20)9(15)11(12)17;1-4-19-18(20-5-2,21-6-3)12-10(16)8(14)7(13)9(15)11(12)17;1-4-18-22(19-5-2,20-6-3)10(16,17)9(14,15)21-8(13)7(11)12;1-4-18-21(6-17-3,19-5-2)20-9(16)10(14,15)7(11)8(12)13;1-5-9(10)14-15(8-11-4,12-6-2)13-7-3;1-4-14-17(6-13-3,15-5-2)16-7(12)8(9,10)11/h4-6H2,1-3H3;4-6H2,1-3H3;4-6H2,1-3H3;4-6H2,1-3H3;4-6H2,1-3H3;5H,1,6-8H2,2-4H3;4-6H2,1-3H3. The third-order valence-electron chi connectivity index (χ3n) is 15.5. The van der Waals surface area contributed by atoms with Gasteiger partial charge in [-0.1, -0.05) is 6.58 Å². The second kappa shape index (κ2) is 68.7. The van der Waals surface area contributed by atoms with Gasteiger partial charge in [-0.15, -0.1) is 0 Å². The summed E-state index contributed by atoms with van der Waals surface area (Å²) < 4.78 is 557. The zero-order valence-corrected chi connectivity index (χ0v) is 89.8. The van der Waals surface area contributed by atoms with E-state index in [1.54, 1.807) is 27.7 Å². The van der Waals surface area contributed by atoms with E-state index in [1.165, 1.54) is 111 Å². The van der Waals surface area contributed by atoms with Crippen LogP contribution in [0.5, 0.6) is 0 Å². The first kappa shape index (κ1) is 145. The molecule has 0 aliphatic carbocycles. The second-order valence-corrected chi connectivity index (χ2v) is 45.7. The fourth-order valence-corrected chi connectivity index (χ4v) is 29.8. The van der Waals surface area contributed by atoms with Crippen LogP contribution in [-0.2, 0) is 130 Å². The van der Waals surface area contributed by atoms with Crippen molar-refractivity contribution in [2.45, 2.75) is 154 Å². The van der Waals surface area contributed by atoms with Crippen LogP contribution in [-0.4, -0.2) is 267 Å². The van der Waals surface area contributed by atoms with Crippen molar-refractivity contribution < 1.29 is 269 Å². The zero-order valence-electron chi connectivity index (χ0n) is 80.9. The van der Waals surface area contributed by atoms with E-state index in [0.29, 0.717) is 13.2 Å². The molecule has 0 atom stereocenters. The Bertz CT molecular complexity index is 4300. The minimum atomic E-state index is -5.67. The van der Waals surface area contributed by atoms with Gasteiger partial charge in [0.15, 0.2) is 46.5 Å². The van der Waals surface area contributed by atoms with Gasteiger partial charge in [0.1, 0.15) is 24.3 Å². The summed E-state index contributed by atoms with van der Waals surface area (Å²) in [6, 6.07) is -3.13. The molecular formula is C76H108ClF33GeO28Si6. The van der Waals surface area contributed by atoms with Gasteiger partial charge >= 0.3 is 246 Å². The molecule has 0 saturated heterocycles. The van der Waals surface area contributed by atoms with Crippen LogP contribution < -0.4 is 14.8 Å². The van der Waals surface area contributed by atoms with Gasteiger partial charge < -0.3 is 98.6 Å². The molecule has 0 N–H and O–H groups in total. The molecule has 0 spiro atoms. The summed E-state index contributed by atoms with van der Waals surface area (Å²) in [4.78, 5) is 33.4. The van der Waals surface area contributed by atoms with E-state index in [0.717, 1.165) is 13.2 Å². The Hall–Kier alpha value is -6.19. The summed E-state index contributed by atoms with van der Waals surface area (Å²) >= 11 is -0.301. The first-order chi connectivity index (χ1) is 67.2. The number of rotatable bonds is 57. The first-order valence-corrected chi connectivity index (χ1v) is 56.8. The number of hydrogen-bond acceptors (Lipinski definition) is 28. The van der Waals surface area contributed by atoms with Gasteiger partial charge in [-0.05, 0) is 115 Å². The van der Waals surface area contributed by atoms with Crippen LogP contribution in [0.3, 0.4) is 0 Å². The van der Waals surface area contributed by atoms with Gasteiger partial charge in [-0.2, -0.15) is 83.4 Å². The van der Waals surface area contributed by atoms with E-state index in [9.17, 15) is 159 Å². The van der Waals surface area contributed by atoms with Gasteiger partial charge in [0.25, 0.3) is 0 Å². The van der Waals surface area contributed by atoms with Crippen molar-refractivity contribution >= 4 is 117 Å². The number of carbonyl (C=O) groups is 3. The molecule has 145 heavy (non-hydrogen) atoms. The van der Waals surface area contributed by atoms with Gasteiger partial charge in [0.05, 0.1) is 15.9 Å². The molecule has 0 unspecified atom stereocenters. The van der Waals surface area contributed by atoms with E-state index in [2.05, 4.69) is 49.8 Å². The molecule has 0 aliphatic heterocycles. The maximum absolute atomic E-state index is 14.4. The molecule has 3 rings (SSSR count). The number of benzene rings is 3. The van der Waals surface area contributed by atoms with Crippen molar-refractivity contribution in [3.63, 3.8) is 0 Å². The molecule has 28 nitrogen and oxygen atoms in total. The molecule has 0 saturated carbocycles. The Balaban J connectivity index is -0.000000804. The SMILES string of the molecule is C=CC(=O)O[Si](COC)(OCC)OCC.CCO[Si](COC)(OCC)OC(=O)C(F)(F)C(F)=C(F)F.CCO[Si](COC)(OCC)OC(=O)C(F)(F)Cl.CCO[Si](OCC)(OCC)C(F)(F)C(F)(F)OC(F)=C(F)F.CCO[Si](OCC)(OCC)c1c(F)c(F)c(C(F)(F)F)c(F)c1F.CCO[Si](OCC)(OCC)c1c(F)c(F)c(C(F)=C(F)F)c(F)c1F.CC[O][Ge]([O]CC)([O]CC)[c]1c(F)c(F)c(F)c(F)c1F. The Morgan fingerprint density at radius 3 is 0.841 bits per heavy atom. The number of carbonyl (C=O) groups excluding carboxylic acids is 3. The molecule has 3 aromatic rings. The predicted octanol–water partition coefficient (Wildman–Crippen LogP) is 19.0. The molecule has 846 valence electrons. The molecule has 0 aliphatic rings. The molecule has 0 fully saturated rings. The Kier molecular flexibility index (Phi) is 68.7. The van der Waals surface area contributed by atoms with E-state index in [-0.39, 0.29) is 98.3 Å². The Morgan fingerprint density at radius 1 is 0.338 bits per heavy atom. The number of halogens is 34. The summed E-state index contributed by atoms with van der Waals surface area (Å²) in [6.45, 7) is 27.7. The van der Waals surface area contributed by atoms with Crippen LogP contribution in [0.2, 0.25) is 0 Å². The fraction of sp³-hybridized carbons (Fsp3) is 0.618. The molecule has 0 amide bonds. The molecule has 3 aromatic carbocycles. The molecule has 0 heterocycles. The van der Waals surface area contributed by atoms with E-state index < -0.39 is 278 Å². The van der Waals surface area contributed by atoms with Crippen LogP contribution >= 0.6 is 11.6 Å². The van der Waals surface area contributed by atoms with Crippen LogP contribution in [0.15, 0.2) is 42.7 Å². The minimum absolute atomic E-state index is 0.0561. The van der Waals surface area contributed by atoms with Crippen molar-refractivity contribution in [3.05, 3.63) is 129 Å². The Morgan fingerprint density at radius 2 is 0.607 bits per heavy atom. The normalized spacial score (nSPS) is 12.3. The summed E-state index contributed by atoms with van der Waals surface area (Å²) in [7, 11) is -21.1. The van der Waals surface area contributed by atoms with Crippen molar-refractivity contribution in [1.29, 1.82) is 0 Å². The van der Waals surface area contributed by atoms with E-state index in [4.69, 9.17) is 78.3 Å². The summed E-state index contributed by atoms with van der Waals surface area (Å²) in [5.74, 6) is -44.8. The van der Waals surface area contributed by atoms with E-state index >= 15 is 0 Å². The quantitative estimate of drug-likeness (QED) is 0.00965. The topological polar surface area (TPSA) is 282 Å². The van der Waals surface area contributed by atoms with Crippen molar-refractivity contribution in [2.75, 3.05) is 159 Å². The average molecular weight is 2370 g/mol. The van der Waals surface area contributed by atoms with Crippen LogP contribution in [0, 0.1) is 75.6 Å². The van der Waals surface area contributed by atoms with Crippen molar-refractivity contribution in [2.24, 2.45) is 0 Å². The maximum atomic E-state index is 14.4. The van der Waals surface area contributed by atoms with Crippen LogP contribution in [0.1, 0.15) is 136 Å². The molecule has 0 bridgehead atoms. The summed E-state index contributed by atoms with van der Waals surface area (Å²) in [5, 5.41) is -6.87.